The first kappa shape index (κ1) is 16.9. The summed E-state index contributed by atoms with van der Waals surface area (Å²) in [5.41, 5.74) is 17.4. The molecule has 134 valence electrons. The highest BCUT2D eigenvalue weighted by atomic mass is 15.0. The highest BCUT2D eigenvalue weighted by Gasteiger charge is 2.24. The van der Waals surface area contributed by atoms with Gasteiger partial charge in [0.1, 0.15) is 0 Å². The van der Waals surface area contributed by atoms with E-state index in [2.05, 4.69) is 84.3 Å². The molecule has 0 spiro atoms. The lowest BCUT2D eigenvalue weighted by Crippen LogP contribution is -2.29. The summed E-state index contributed by atoms with van der Waals surface area (Å²) < 4.78 is 2.33. The van der Waals surface area contributed by atoms with Crippen LogP contribution in [0.5, 0.6) is 0 Å². The van der Waals surface area contributed by atoms with E-state index < -0.39 is 0 Å². The van der Waals surface area contributed by atoms with Crippen molar-refractivity contribution in [1.29, 1.82) is 0 Å². The standard InChI is InChI=1S/C22H26N4/c1-14(23)11-16-13-26(21-10-6-4-7-17(16)21)22(15(2)24)19-12-25-20-9-5-3-8-18(19)20/h3-10,12-15,22,25H,11,23-24H2,1-2H3. The molecule has 0 bridgehead atoms. The third-order valence-corrected chi connectivity index (χ3v) is 5.10. The first-order valence-electron chi connectivity index (χ1n) is 9.22. The molecule has 0 amide bonds. The molecule has 0 aliphatic heterocycles. The Balaban J connectivity index is 1.93. The van der Waals surface area contributed by atoms with Gasteiger partial charge in [-0.2, -0.15) is 0 Å². The van der Waals surface area contributed by atoms with E-state index in [1.807, 2.05) is 0 Å². The predicted molar refractivity (Wildman–Crippen MR) is 109 cm³/mol. The zero-order valence-electron chi connectivity index (χ0n) is 15.3. The van der Waals surface area contributed by atoms with Crippen LogP contribution in [0.3, 0.4) is 0 Å². The van der Waals surface area contributed by atoms with Gasteiger partial charge in [-0.1, -0.05) is 36.4 Å². The Bertz CT molecular complexity index is 1040. The number of aromatic nitrogens is 2. The monoisotopic (exact) mass is 346 g/mol. The lowest BCUT2D eigenvalue weighted by atomic mass is 10.00. The van der Waals surface area contributed by atoms with Crippen molar-refractivity contribution in [2.75, 3.05) is 0 Å². The molecule has 5 N–H and O–H groups in total. The molecule has 0 saturated carbocycles. The zero-order chi connectivity index (χ0) is 18.3. The molecule has 4 heteroatoms. The van der Waals surface area contributed by atoms with Crippen LogP contribution in [0.2, 0.25) is 0 Å². The molecule has 4 nitrogen and oxygen atoms in total. The molecule has 2 heterocycles. The fraction of sp³-hybridized carbons (Fsp3) is 0.273. The summed E-state index contributed by atoms with van der Waals surface area (Å²) in [5.74, 6) is 0. The molecule has 0 aliphatic carbocycles. The van der Waals surface area contributed by atoms with E-state index in [0.29, 0.717) is 0 Å². The van der Waals surface area contributed by atoms with Gasteiger partial charge < -0.3 is 21.0 Å². The van der Waals surface area contributed by atoms with Crippen LogP contribution in [0.1, 0.15) is 31.0 Å². The topological polar surface area (TPSA) is 72.8 Å². The summed E-state index contributed by atoms with van der Waals surface area (Å²) in [6.07, 6.45) is 5.19. The van der Waals surface area contributed by atoms with E-state index in [0.717, 1.165) is 11.9 Å². The lowest BCUT2D eigenvalue weighted by Gasteiger charge is -2.24. The normalized spacial score (nSPS) is 15.4. The number of benzene rings is 2. The number of nitrogens with two attached hydrogens (primary N) is 2. The van der Waals surface area contributed by atoms with Crippen molar-refractivity contribution in [2.24, 2.45) is 11.5 Å². The minimum absolute atomic E-state index is 0.0341. The van der Waals surface area contributed by atoms with Gasteiger partial charge in [0.05, 0.1) is 6.04 Å². The number of rotatable bonds is 5. The molecule has 2 aromatic carbocycles. The molecule has 0 aliphatic rings. The van der Waals surface area contributed by atoms with E-state index in [9.17, 15) is 0 Å². The number of H-pyrrole nitrogens is 1. The fourth-order valence-electron chi connectivity index (χ4n) is 4.04. The van der Waals surface area contributed by atoms with Crippen molar-refractivity contribution in [3.63, 3.8) is 0 Å². The number of nitrogens with one attached hydrogen (secondary N) is 1. The van der Waals surface area contributed by atoms with Crippen LogP contribution < -0.4 is 11.5 Å². The fourth-order valence-corrected chi connectivity index (χ4v) is 4.04. The number of para-hydroxylation sites is 2. The maximum absolute atomic E-state index is 6.49. The van der Waals surface area contributed by atoms with Gasteiger partial charge in [-0.3, -0.25) is 0 Å². The maximum Gasteiger partial charge on any atom is 0.0755 e. The van der Waals surface area contributed by atoms with Gasteiger partial charge in [0.25, 0.3) is 0 Å². The number of nitrogens with zero attached hydrogens (tertiary/aromatic N) is 1. The van der Waals surface area contributed by atoms with Gasteiger partial charge >= 0.3 is 0 Å². The van der Waals surface area contributed by atoms with Crippen LogP contribution in [0.4, 0.5) is 0 Å². The van der Waals surface area contributed by atoms with Gasteiger partial charge in [0.2, 0.25) is 0 Å². The molecule has 26 heavy (non-hydrogen) atoms. The number of hydrogen-bond acceptors (Lipinski definition) is 2. The Morgan fingerprint density at radius 2 is 1.65 bits per heavy atom. The van der Waals surface area contributed by atoms with Crippen molar-refractivity contribution >= 4 is 21.8 Å². The predicted octanol–water partition coefficient (Wildman–Crippen LogP) is 3.95. The third-order valence-electron chi connectivity index (χ3n) is 5.10. The van der Waals surface area contributed by atoms with Crippen LogP contribution in [0, 0.1) is 0 Å². The zero-order valence-corrected chi connectivity index (χ0v) is 15.3. The first-order chi connectivity index (χ1) is 12.6. The highest BCUT2D eigenvalue weighted by Crippen LogP contribution is 2.33. The van der Waals surface area contributed by atoms with Crippen molar-refractivity contribution < 1.29 is 0 Å². The Morgan fingerprint density at radius 1 is 0.962 bits per heavy atom. The van der Waals surface area contributed by atoms with E-state index in [4.69, 9.17) is 11.5 Å². The summed E-state index contributed by atoms with van der Waals surface area (Å²) in [4.78, 5) is 3.39. The van der Waals surface area contributed by atoms with Crippen LogP contribution in [-0.2, 0) is 6.42 Å². The Morgan fingerprint density at radius 3 is 2.38 bits per heavy atom. The summed E-state index contributed by atoms with van der Waals surface area (Å²) >= 11 is 0. The van der Waals surface area contributed by atoms with Gasteiger partial charge in [0, 0.05) is 51.8 Å². The molecule has 0 fully saturated rings. The summed E-state index contributed by atoms with van der Waals surface area (Å²) in [6.45, 7) is 4.13. The minimum atomic E-state index is -0.0341. The summed E-state index contributed by atoms with van der Waals surface area (Å²) in [6, 6.07) is 17.1. The second-order valence-corrected chi connectivity index (χ2v) is 7.35. The first-order valence-corrected chi connectivity index (χ1v) is 9.22. The Kier molecular flexibility index (Phi) is 4.31. The second-order valence-electron chi connectivity index (χ2n) is 7.35. The SMILES string of the molecule is CC(N)Cc1cn(C(c2c[nH]c3ccccc23)C(C)N)c2ccccc12. The third kappa shape index (κ3) is 2.81. The van der Waals surface area contributed by atoms with Gasteiger partial charge in [-0.25, -0.2) is 0 Å². The summed E-state index contributed by atoms with van der Waals surface area (Å²) in [7, 11) is 0. The quantitative estimate of drug-likeness (QED) is 0.512. The Labute approximate surface area is 153 Å². The van der Waals surface area contributed by atoms with E-state index >= 15 is 0 Å². The van der Waals surface area contributed by atoms with Crippen molar-refractivity contribution in [3.05, 3.63) is 72.1 Å². The van der Waals surface area contributed by atoms with Gasteiger partial charge in [-0.05, 0) is 38.0 Å². The molecule has 3 atom stereocenters. The molecule has 2 aromatic heterocycles. The molecular weight excluding hydrogens is 320 g/mol. The van der Waals surface area contributed by atoms with Crippen molar-refractivity contribution in [2.45, 2.75) is 38.4 Å². The molecule has 4 rings (SSSR count). The smallest absolute Gasteiger partial charge is 0.0755 e. The van der Waals surface area contributed by atoms with E-state index in [1.165, 1.54) is 27.4 Å². The molecule has 3 unspecified atom stereocenters. The number of hydrogen-bond donors (Lipinski definition) is 3. The van der Waals surface area contributed by atoms with Gasteiger partial charge in [0.15, 0.2) is 0 Å². The van der Waals surface area contributed by atoms with E-state index in [1.54, 1.807) is 0 Å². The van der Waals surface area contributed by atoms with Crippen LogP contribution >= 0.6 is 0 Å². The molecule has 0 saturated heterocycles. The largest absolute Gasteiger partial charge is 0.361 e. The number of fused-ring (bicyclic) bond motifs is 2. The molecule has 4 aromatic rings. The average molecular weight is 346 g/mol. The van der Waals surface area contributed by atoms with Crippen molar-refractivity contribution in [1.82, 2.24) is 9.55 Å². The van der Waals surface area contributed by atoms with E-state index in [-0.39, 0.29) is 18.1 Å². The van der Waals surface area contributed by atoms with Gasteiger partial charge in [-0.15, -0.1) is 0 Å². The second kappa shape index (κ2) is 6.63. The van der Waals surface area contributed by atoms with Crippen LogP contribution in [0.15, 0.2) is 60.9 Å². The summed E-state index contributed by atoms with van der Waals surface area (Å²) in [5, 5.41) is 2.48. The molecular formula is C22H26N4. The number of aromatic amines is 1. The average Bonchev–Trinajstić information content (AvgIpc) is 3.18. The minimum Gasteiger partial charge on any atom is -0.361 e. The maximum atomic E-state index is 6.49. The Hall–Kier alpha value is -2.56. The molecule has 0 radical (unpaired) electrons. The lowest BCUT2D eigenvalue weighted by molar-refractivity contribution is 0.511. The van der Waals surface area contributed by atoms with Crippen LogP contribution in [-0.4, -0.2) is 21.6 Å². The van der Waals surface area contributed by atoms with Crippen molar-refractivity contribution in [3.8, 4) is 0 Å². The highest BCUT2D eigenvalue weighted by molar-refractivity contribution is 5.86. The van der Waals surface area contributed by atoms with Crippen LogP contribution in [0.25, 0.3) is 21.8 Å².